The summed E-state index contributed by atoms with van der Waals surface area (Å²) in [6.07, 6.45) is 2.12. The van der Waals surface area contributed by atoms with Gasteiger partial charge in [0, 0.05) is 13.8 Å². The summed E-state index contributed by atoms with van der Waals surface area (Å²) in [5.74, 6) is 1.28. The third-order valence-electron chi connectivity index (χ3n) is 1.91. The van der Waals surface area contributed by atoms with Crippen molar-refractivity contribution in [2.45, 2.75) is 13.8 Å². The summed E-state index contributed by atoms with van der Waals surface area (Å²) in [7, 11) is -0.507. The van der Waals surface area contributed by atoms with Gasteiger partial charge in [0.15, 0.2) is 0 Å². The molecular weight excluding hydrogens is 207 g/mol. The first-order chi connectivity index (χ1) is 6.13. The lowest BCUT2D eigenvalue weighted by molar-refractivity contribution is -0.683. The molecule has 0 radical (unpaired) electrons. The molecule has 14 heavy (non-hydrogen) atoms. The van der Waals surface area contributed by atoms with Gasteiger partial charge in [0.1, 0.15) is 11.9 Å². The highest BCUT2D eigenvalue weighted by molar-refractivity contribution is 7.45. The van der Waals surface area contributed by atoms with Gasteiger partial charge in [0.25, 0.3) is 5.82 Å². The van der Waals surface area contributed by atoms with Crippen molar-refractivity contribution in [1.29, 1.82) is 0 Å². The highest BCUT2D eigenvalue weighted by Gasteiger charge is 2.07. The maximum absolute atomic E-state index is 8.88. The minimum atomic E-state index is -4.64. The van der Waals surface area contributed by atoms with Crippen LogP contribution in [-0.4, -0.2) is 19.2 Å². The van der Waals surface area contributed by atoms with E-state index in [0.29, 0.717) is 0 Å². The molecule has 7 heteroatoms. The third kappa shape index (κ3) is 5.14. The Morgan fingerprint density at radius 2 is 1.71 bits per heavy atom. The number of imidazole rings is 1. The van der Waals surface area contributed by atoms with Crippen LogP contribution in [0.5, 0.6) is 0 Å². The zero-order chi connectivity index (χ0) is 11.5. The summed E-state index contributed by atoms with van der Waals surface area (Å²) in [6, 6.07) is 0. The average molecular weight is 223 g/mol. The van der Waals surface area contributed by atoms with Crippen LogP contribution < -0.4 is 4.57 Å². The van der Waals surface area contributed by atoms with Crippen LogP contribution >= 0.6 is 7.82 Å². The van der Waals surface area contributed by atoms with Gasteiger partial charge < -0.3 is 14.7 Å². The quantitative estimate of drug-likeness (QED) is 0.410. The Kier molecular flexibility index (Phi) is 4.48. The molecule has 0 aromatic carbocycles. The second kappa shape index (κ2) is 4.70. The zero-order valence-electron chi connectivity index (χ0n) is 8.67. The first-order valence-corrected chi connectivity index (χ1v) is 5.46. The molecule has 0 amide bonds. The summed E-state index contributed by atoms with van der Waals surface area (Å²) in [6.45, 7) is 4.21. The van der Waals surface area contributed by atoms with E-state index in [1.165, 1.54) is 11.5 Å². The number of hydrogen-bond donors (Lipinski definition) is 3. The number of rotatable bonds is 0. The van der Waals surface area contributed by atoms with Crippen molar-refractivity contribution in [3.05, 3.63) is 17.7 Å². The molecule has 0 spiro atoms. The largest absolute Gasteiger partial charge is 0.466 e. The molecule has 3 N–H and O–H groups in total. The van der Waals surface area contributed by atoms with E-state index in [1.807, 2.05) is 0 Å². The van der Waals surface area contributed by atoms with E-state index in [0.717, 1.165) is 0 Å². The van der Waals surface area contributed by atoms with Crippen LogP contribution in [0.25, 0.3) is 0 Å². The van der Waals surface area contributed by atoms with Gasteiger partial charge in [-0.25, -0.2) is 13.7 Å². The molecule has 0 aliphatic carbocycles. The SMILES string of the molecule is Cc1cn(C)c(C)[n+]1C.O=P(O)(O)O. The monoisotopic (exact) mass is 223 g/mol. The van der Waals surface area contributed by atoms with Gasteiger partial charge in [-0.3, -0.25) is 0 Å². The standard InChI is InChI=1S/C7H13N2.H3O4P/c1-6-5-8(3)7(2)9(6)4;1-5(2,3)4/h5H,1-4H3;(H3,1,2,3,4)/q+1;. The number of aromatic nitrogens is 2. The van der Waals surface area contributed by atoms with Gasteiger partial charge in [-0.15, -0.1) is 0 Å². The number of aryl methyl sites for hydroxylation is 2. The Hall–Kier alpha value is -0.680. The summed E-state index contributed by atoms with van der Waals surface area (Å²) < 4.78 is 13.2. The maximum atomic E-state index is 8.88. The van der Waals surface area contributed by atoms with Gasteiger partial charge in [0.2, 0.25) is 0 Å². The molecule has 0 unspecified atom stereocenters. The second-order valence-electron chi connectivity index (χ2n) is 3.00. The fourth-order valence-corrected chi connectivity index (χ4v) is 0.952. The predicted molar refractivity (Wildman–Crippen MR) is 50.3 cm³/mol. The molecule has 0 aliphatic heterocycles. The van der Waals surface area contributed by atoms with Crippen molar-refractivity contribution in [3.8, 4) is 0 Å². The van der Waals surface area contributed by atoms with Gasteiger partial charge in [-0.2, -0.15) is 0 Å². The summed E-state index contributed by atoms with van der Waals surface area (Å²) >= 11 is 0. The Bertz CT molecular complexity index is 324. The van der Waals surface area contributed by atoms with Crippen LogP contribution in [0, 0.1) is 13.8 Å². The smallest absolute Gasteiger partial charge is 0.303 e. The Labute approximate surface area is 82.7 Å². The van der Waals surface area contributed by atoms with Crippen molar-refractivity contribution in [1.82, 2.24) is 4.57 Å². The molecule has 0 atom stereocenters. The lowest BCUT2D eigenvalue weighted by atomic mass is 10.5. The van der Waals surface area contributed by atoms with Crippen molar-refractivity contribution in [2.24, 2.45) is 14.1 Å². The normalized spacial score (nSPS) is 10.8. The molecule has 0 aliphatic rings. The van der Waals surface area contributed by atoms with Gasteiger partial charge in [0.05, 0.1) is 14.1 Å². The van der Waals surface area contributed by atoms with E-state index in [9.17, 15) is 0 Å². The van der Waals surface area contributed by atoms with Crippen LogP contribution in [0.4, 0.5) is 0 Å². The number of phosphoric acid groups is 1. The molecule has 1 heterocycles. The van der Waals surface area contributed by atoms with Gasteiger partial charge in [-0.05, 0) is 0 Å². The fraction of sp³-hybridized carbons (Fsp3) is 0.571. The van der Waals surface area contributed by atoms with E-state index in [-0.39, 0.29) is 0 Å². The van der Waals surface area contributed by atoms with Crippen molar-refractivity contribution >= 4 is 7.82 Å². The molecule has 1 rings (SSSR count). The minimum Gasteiger partial charge on any atom is -0.303 e. The van der Waals surface area contributed by atoms with E-state index < -0.39 is 7.82 Å². The van der Waals surface area contributed by atoms with Crippen LogP contribution in [0.2, 0.25) is 0 Å². The lowest BCUT2D eigenvalue weighted by Crippen LogP contribution is -2.32. The maximum Gasteiger partial charge on any atom is 0.466 e. The Morgan fingerprint density at radius 3 is 1.79 bits per heavy atom. The number of hydrogen-bond acceptors (Lipinski definition) is 1. The number of nitrogens with zero attached hydrogens (tertiary/aromatic N) is 2. The highest BCUT2D eigenvalue weighted by Crippen LogP contribution is 2.25. The summed E-state index contributed by atoms with van der Waals surface area (Å²) in [5.41, 5.74) is 1.30. The van der Waals surface area contributed by atoms with E-state index >= 15 is 0 Å². The molecule has 1 aromatic heterocycles. The molecular formula is C7H16N2O4P+. The predicted octanol–water partition coefficient (Wildman–Crippen LogP) is -0.462. The first-order valence-electron chi connectivity index (χ1n) is 3.89. The average Bonchev–Trinajstić information content (AvgIpc) is 2.14. The van der Waals surface area contributed by atoms with Crippen LogP contribution in [0.15, 0.2) is 6.20 Å². The molecule has 0 saturated carbocycles. The van der Waals surface area contributed by atoms with Gasteiger partial charge >= 0.3 is 7.82 Å². The molecule has 0 saturated heterocycles. The third-order valence-corrected chi connectivity index (χ3v) is 1.91. The van der Waals surface area contributed by atoms with E-state index in [2.05, 4.69) is 43.3 Å². The lowest BCUT2D eigenvalue weighted by Gasteiger charge is -1.87. The molecule has 0 fully saturated rings. The Morgan fingerprint density at radius 1 is 1.36 bits per heavy atom. The van der Waals surface area contributed by atoms with Gasteiger partial charge in [-0.1, -0.05) is 0 Å². The molecule has 82 valence electrons. The summed E-state index contributed by atoms with van der Waals surface area (Å²) in [5, 5.41) is 0. The van der Waals surface area contributed by atoms with Crippen LogP contribution in [0.3, 0.4) is 0 Å². The van der Waals surface area contributed by atoms with Crippen molar-refractivity contribution in [2.75, 3.05) is 0 Å². The van der Waals surface area contributed by atoms with Crippen LogP contribution in [0.1, 0.15) is 11.5 Å². The van der Waals surface area contributed by atoms with Crippen molar-refractivity contribution in [3.63, 3.8) is 0 Å². The van der Waals surface area contributed by atoms with E-state index in [1.54, 1.807) is 0 Å². The summed E-state index contributed by atoms with van der Waals surface area (Å²) in [4.78, 5) is 21.6. The highest BCUT2D eigenvalue weighted by atomic mass is 31.2. The molecule has 6 nitrogen and oxygen atoms in total. The van der Waals surface area contributed by atoms with Crippen LogP contribution in [-0.2, 0) is 18.7 Å². The van der Waals surface area contributed by atoms with Crippen molar-refractivity contribution < 1.29 is 23.8 Å². The second-order valence-corrected chi connectivity index (χ2v) is 4.03. The first kappa shape index (κ1) is 13.3. The topological polar surface area (TPSA) is 86.6 Å². The van der Waals surface area contributed by atoms with E-state index in [4.69, 9.17) is 19.2 Å². The minimum absolute atomic E-state index is 1.28. The molecule has 1 aromatic rings. The zero-order valence-corrected chi connectivity index (χ0v) is 9.56. The fourth-order valence-electron chi connectivity index (χ4n) is 0.952. The molecule has 0 bridgehead atoms. The Balaban J connectivity index is 0.000000292.